The van der Waals surface area contributed by atoms with E-state index in [1.165, 1.54) is 15.2 Å². The Morgan fingerprint density at radius 3 is 2.20 bits per heavy atom. The second kappa shape index (κ2) is 5.16. The Bertz CT molecular complexity index is 448. The molecule has 84 valence electrons. The monoisotopic (exact) mass is 230 g/mol. The highest BCUT2D eigenvalue weighted by Gasteiger charge is 2.08. The van der Waals surface area contributed by atoms with E-state index in [1.54, 1.807) is 0 Å². The third-order valence-electron chi connectivity index (χ3n) is 2.12. The summed E-state index contributed by atoms with van der Waals surface area (Å²) in [7, 11) is 0. The highest BCUT2D eigenvalue weighted by atomic mass is 35.5. The number of nitrogens with zero attached hydrogens (tertiary/aromatic N) is 2. The first-order chi connectivity index (χ1) is 7.11. The van der Waals surface area contributed by atoms with Crippen LogP contribution in [0.3, 0.4) is 0 Å². The quantitative estimate of drug-likeness (QED) is 0.736. The van der Waals surface area contributed by atoms with Crippen LogP contribution in [0.2, 0.25) is 5.15 Å². The molecule has 0 unspecified atom stereocenters. The van der Waals surface area contributed by atoms with Gasteiger partial charge in [-0.1, -0.05) is 25.4 Å². The van der Waals surface area contributed by atoms with Gasteiger partial charge in [0.1, 0.15) is 5.15 Å². The second-order valence-electron chi connectivity index (χ2n) is 3.39. The Morgan fingerprint density at radius 2 is 1.67 bits per heavy atom. The van der Waals surface area contributed by atoms with Crippen molar-refractivity contribution in [3.8, 4) is 0 Å². The summed E-state index contributed by atoms with van der Waals surface area (Å²) in [5.74, 6) is 0. The zero-order valence-corrected chi connectivity index (χ0v) is 9.75. The van der Waals surface area contributed by atoms with Gasteiger partial charge in [0, 0.05) is 19.2 Å². The first kappa shape index (κ1) is 12.0. The fourth-order valence-electron chi connectivity index (χ4n) is 1.44. The van der Waals surface area contributed by atoms with Crippen molar-refractivity contribution < 1.29 is 0 Å². The molecular weight excluding hydrogens is 216 g/mol. The van der Waals surface area contributed by atoms with Crippen LogP contribution in [0.4, 0.5) is 0 Å². The van der Waals surface area contributed by atoms with Gasteiger partial charge in [0.15, 0.2) is 0 Å². The molecule has 0 saturated heterocycles. The Hall–Kier alpha value is -1.03. The zero-order chi connectivity index (χ0) is 11.4. The van der Waals surface area contributed by atoms with Gasteiger partial charge in [-0.3, -0.25) is 13.9 Å². The lowest BCUT2D eigenvalue weighted by molar-refractivity contribution is 0.541. The van der Waals surface area contributed by atoms with Gasteiger partial charge in [-0.25, -0.2) is 4.79 Å². The Morgan fingerprint density at radius 1 is 1.13 bits per heavy atom. The lowest BCUT2D eigenvalue weighted by Gasteiger charge is -2.09. The van der Waals surface area contributed by atoms with Gasteiger partial charge in [0.2, 0.25) is 0 Å². The summed E-state index contributed by atoms with van der Waals surface area (Å²) in [6, 6.07) is 1.30. The molecule has 0 saturated carbocycles. The predicted molar refractivity (Wildman–Crippen MR) is 60.6 cm³/mol. The van der Waals surface area contributed by atoms with E-state index in [0.717, 1.165) is 12.8 Å². The number of hydrogen-bond acceptors (Lipinski definition) is 2. The maximum atomic E-state index is 11.8. The van der Waals surface area contributed by atoms with Gasteiger partial charge in [-0.05, 0) is 12.8 Å². The fraction of sp³-hybridized carbons (Fsp3) is 0.600. The molecule has 0 radical (unpaired) electrons. The van der Waals surface area contributed by atoms with Crippen LogP contribution in [0.25, 0.3) is 0 Å². The van der Waals surface area contributed by atoms with E-state index in [-0.39, 0.29) is 16.4 Å². The SMILES string of the molecule is CCCn1c(Cl)cc(=O)n(CCC)c1=O. The highest BCUT2D eigenvalue weighted by Crippen LogP contribution is 2.02. The summed E-state index contributed by atoms with van der Waals surface area (Å²) in [6.45, 7) is 4.86. The number of hydrogen-bond donors (Lipinski definition) is 0. The smallest absolute Gasteiger partial charge is 0.284 e. The molecule has 1 rings (SSSR count). The van der Waals surface area contributed by atoms with E-state index < -0.39 is 0 Å². The fourth-order valence-corrected chi connectivity index (χ4v) is 1.69. The number of halogens is 1. The molecular formula is C10H15ClN2O2. The second-order valence-corrected chi connectivity index (χ2v) is 3.78. The first-order valence-electron chi connectivity index (χ1n) is 5.12. The van der Waals surface area contributed by atoms with Gasteiger partial charge in [0.05, 0.1) is 0 Å². The molecule has 0 N–H and O–H groups in total. The predicted octanol–water partition coefficient (Wildman–Crippen LogP) is 1.48. The van der Waals surface area contributed by atoms with Crippen LogP contribution < -0.4 is 11.2 Å². The molecule has 15 heavy (non-hydrogen) atoms. The minimum Gasteiger partial charge on any atom is -0.284 e. The molecule has 1 aromatic rings. The van der Waals surface area contributed by atoms with Gasteiger partial charge in [-0.2, -0.15) is 0 Å². The van der Waals surface area contributed by atoms with Crippen molar-refractivity contribution in [3.63, 3.8) is 0 Å². The van der Waals surface area contributed by atoms with Crippen LogP contribution in [0, 0.1) is 0 Å². The van der Waals surface area contributed by atoms with Gasteiger partial charge >= 0.3 is 5.69 Å². The molecule has 0 aliphatic rings. The summed E-state index contributed by atoms with van der Waals surface area (Å²) in [5.41, 5.74) is -0.629. The van der Waals surface area contributed by atoms with Crippen LogP contribution in [-0.2, 0) is 13.1 Å². The molecule has 0 atom stereocenters. The van der Waals surface area contributed by atoms with Crippen molar-refractivity contribution in [1.82, 2.24) is 9.13 Å². The summed E-state index contributed by atoms with van der Waals surface area (Å²) >= 11 is 5.84. The topological polar surface area (TPSA) is 44.0 Å². The Kier molecular flexibility index (Phi) is 4.15. The molecule has 1 heterocycles. The summed E-state index contributed by atoms with van der Waals surface area (Å²) in [5, 5.41) is 0.221. The largest absolute Gasteiger partial charge is 0.332 e. The molecule has 0 spiro atoms. The molecule has 0 fully saturated rings. The van der Waals surface area contributed by atoms with Crippen molar-refractivity contribution in [2.24, 2.45) is 0 Å². The van der Waals surface area contributed by atoms with E-state index in [1.807, 2.05) is 13.8 Å². The van der Waals surface area contributed by atoms with Gasteiger partial charge < -0.3 is 0 Å². The standard InChI is InChI=1S/C10H15ClN2O2/c1-3-5-12-8(11)7-9(14)13(6-4-2)10(12)15/h7H,3-6H2,1-2H3. The van der Waals surface area contributed by atoms with Crippen molar-refractivity contribution in [2.45, 2.75) is 39.8 Å². The minimum atomic E-state index is -0.320. The highest BCUT2D eigenvalue weighted by molar-refractivity contribution is 6.29. The average Bonchev–Trinajstić information content (AvgIpc) is 2.19. The van der Waals surface area contributed by atoms with Crippen LogP contribution >= 0.6 is 11.6 Å². The van der Waals surface area contributed by atoms with E-state index >= 15 is 0 Å². The van der Waals surface area contributed by atoms with E-state index in [9.17, 15) is 9.59 Å². The molecule has 0 aliphatic carbocycles. The molecule has 5 heteroatoms. The first-order valence-corrected chi connectivity index (χ1v) is 5.49. The maximum absolute atomic E-state index is 11.8. The molecule has 4 nitrogen and oxygen atoms in total. The van der Waals surface area contributed by atoms with E-state index in [4.69, 9.17) is 11.6 Å². The van der Waals surface area contributed by atoms with E-state index in [0.29, 0.717) is 13.1 Å². The molecule has 0 bridgehead atoms. The lowest BCUT2D eigenvalue weighted by Crippen LogP contribution is -2.39. The van der Waals surface area contributed by atoms with E-state index in [2.05, 4.69) is 0 Å². The Balaban J connectivity index is 3.36. The molecule has 1 aromatic heterocycles. The summed E-state index contributed by atoms with van der Waals surface area (Å²) < 4.78 is 2.65. The number of aromatic nitrogens is 2. The normalized spacial score (nSPS) is 10.6. The molecule has 0 aromatic carbocycles. The van der Waals surface area contributed by atoms with Crippen molar-refractivity contribution >= 4 is 11.6 Å². The Labute approximate surface area is 93.1 Å². The van der Waals surface area contributed by atoms with Crippen LogP contribution in [0.1, 0.15) is 26.7 Å². The third-order valence-corrected chi connectivity index (χ3v) is 2.44. The van der Waals surface area contributed by atoms with Crippen LogP contribution in [0.5, 0.6) is 0 Å². The third kappa shape index (κ3) is 2.50. The van der Waals surface area contributed by atoms with Gasteiger partial charge in [0.25, 0.3) is 5.56 Å². The average molecular weight is 231 g/mol. The molecule has 0 amide bonds. The van der Waals surface area contributed by atoms with Crippen molar-refractivity contribution in [3.05, 3.63) is 32.1 Å². The summed E-state index contributed by atoms with van der Waals surface area (Å²) in [6.07, 6.45) is 1.56. The van der Waals surface area contributed by atoms with Crippen LogP contribution in [0.15, 0.2) is 15.7 Å². The zero-order valence-electron chi connectivity index (χ0n) is 8.99. The molecule has 0 aliphatic heterocycles. The van der Waals surface area contributed by atoms with Crippen LogP contribution in [-0.4, -0.2) is 9.13 Å². The maximum Gasteiger partial charge on any atom is 0.332 e. The number of rotatable bonds is 4. The lowest BCUT2D eigenvalue weighted by atomic mass is 10.4. The summed E-state index contributed by atoms with van der Waals surface area (Å²) in [4.78, 5) is 23.3. The van der Waals surface area contributed by atoms with Crippen molar-refractivity contribution in [1.29, 1.82) is 0 Å². The van der Waals surface area contributed by atoms with Crippen molar-refractivity contribution in [2.75, 3.05) is 0 Å². The minimum absolute atomic E-state index is 0.221. The van der Waals surface area contributed by atoms with Gasteiger partial charge in [-0.15, -0.1) is 0 Å².